The lowest BCUT2D eigenvalue weighted by Gasteiger charge is -2.57. The number of ether oxygens (including phenoxy) is 1. The van der Waals surface area contributed by atoms with Crippen LogP contribution in [0.25, 0.3) is 11.1 Å². The fraction of sp³-hybridized carbons (Fsp3) is 0.541. The molecule has 3 heterocycles. The number of pyridine rings is 1. The number of anilines is 1. The first kappa shape index (κ1) is 30.6. The van der Waals surface area contributed by atoms with Crippen molar-refractivity contribution in [3.8, 4) is 16.9 Å². The monoisotopic (exact) mass is 622 g/mol. The molecule has 1 aliphatic heterocycles. The van der Waals surface area contributed by atoms with Crippen LogP contribution in [0, 0.1) is 23.2 Å². The largest absolute Gasteiger partial charge is 0.492 e. The molecule has 46 heavy (non-hydrogen) atoms. The van der Waals surface area contributed by atoms with Crippen molar-refractivity contribution in [2.75, 3.05) is 51.3 Å². The van der Waals surface area contributed by atoms with E-state index in [1.54, 1.807) is 6.20 Å². The molecule has 242 valence electrons. The number of nitrogens with zero attached hydrogens (tertiary/aromatic N) is 6. The smallest absolute Gasteiger partial charge is 0.274 e. The van der Waals surface area contributed by atoms with Crippen LogP contribution >= 0.6 is 0 Å². The number of carbonyl (C=O) groups is 2. The Morgan fingerprint density at radius 1 is 0.935 bits per heavy atom. The average Bonchev–Trinajstić information content (AvgIpc) is 3.06. The lowest BCUT2D eigenvalue weighted by molar-refractivity contribution is -0.131. The summed E-state index contributed by atoms with van der Waals surface area (Å²) in [7, 11) is 1.93. The van der Waals surface area contributed by atoms with Gasteiger partial charge in [-0.15, -0.1) is 10.2 Å². The maximum Gasteiger partial charge on any atom is 0.274 e. The molecule has 8 rings (SSSR count). The minimum absolute atomic E-state index is 0.0370. The number of benzene rings is 1. The number of rotatable bonds is 10. The summed E-state index contributed by atoms with van der Waals surface area (Å²) in [5, 5.41) is 8.81. The standard InChI is InChI=1S/C37H46N6O3/c1-3-46-31-19-30(23-38-24-31)32-7-5-4-6-29(32)8-11-35(44)43-14-12-42(13-15-43)34-10-9-33(39-40-34)36(45)41(2)25-37-20-26-16-27(21-37)18-28(17-26)22-37/h4-7,9-10,19,23-24,26-28H,3,8,11-18,20-22,25H2,1-2H3. The maximum atomic E-state index is 13.3. The van der Waals surface area contributed by atoms with E-state index in [0.717, 1.165) is 52.6 Å². The molecule has 4 saturated carbocycles. The Morgan fingerprint density at radius 2 is 1.65 bits per heavy atom. The van der Waals surface area contributed by atoms with E-state index in [1.807, 2.05) is 60.3 Å². The van der Waals surface area contributed by atoms with Gasteiger partial charge in [0.2, 0.25) is 5.91 Å². The Bertz CT molecular complexity index is 1520. The number of piperazine rings is 1. The van der Waals surface area contributed by atoms with E-state index in [0.29, 0.717) is 56.7 Å². The van der Waals surface area contributed by atoms with Crippen molar-refractivity contribution in [3.63, 3.8) is 0 Å². The first-order chi connectivity index (χ1) is 22.4. The van der Waals surface area contributed by atoms with E-state index >= 15 is 0 Å². The van der Waals surface area contributed by atoms with Crippen molar-refractivity contribution < 1.29 is 14.3 Å². The molecule has 0 atom stereocenters. The third-order valence-electron chi connectivity index (χ3n) is 10.9. The van der Waals surface area contributed by atoms with Crippen molar-refractivity contribution >= 4 is 17.6 Å². The summed E-state index contributed by atoms with van der Waals surface area (Å²) in [6.07, 6.45) is 12.7. The second-order valence-electron chi connectivity index (χ2n) is 14.2. The van der Waals surface area contributed by atoms with Gasteiger partial charge in [-0.25, -0.2) is 0 Å². The number of amides is 2. The fourth-order valence-electron chi connectivity index (χ4n) is 9.28. The van der Waals surface area contributed by atoms with E-state index in [9.17, 15) is 9.59 Å². The Morgan fingerprint density at radius 3 is 2.33 bits per heavy atom. The van der Waals surface area contributed by atoms with Crippen LogP contribution in [0.5, 0.6) is 5.75 Å². The van der Waals surface area contributed by atoms with E-state index < -0.39 is 0 Å². The van der Waals surface area contributed by atoms with Crippen LogP contribution in [0.15, 0.2) is 54.9 Å². The lowest BCUT2D eigenvalue weighted by atomic mass is 9.49. The summed E-state index contributed by atoms with van der Waals surface area (Å²) < 4.78 is 5.64. The van der Waals surface area contributed by atoms with Gasteiger partial charge in [-0.05, 0) is 104 Å². The minimum Gasteiger partial charge on any atom is -0.492 e. The molecule has 0 unspecified atom stereocenters. The Hall–Kier alpha value is -4.01. The molecule has 1 aromatic carbocycles. The van der Waals surface area contributed by atoms with Crippen molar-refractivity contribution in [1.82, 2.24) is 25.0 Å². The molecule has 2 aromatic heterocycles. The summed E-state index contributed by atoms with van der Waals surface area (Å²) in [4.78, 5) is 36.9. The molecule has 4 aliphatic carbocycles. The van der Waals surface area contributed by atoms with Crippen molar-refractivity contribution in [2.45, 2.75) is 58.3 Å². The van der Waals surface area contributed by atoms with Gasteiger partial charge in [0, 0.05) is 58.0 Å². The molecule has 1 saturated heterocycles. The third kappa shape index (κ3) is 6.46. The summed E-state index contributed by atoms with van der Waals surface area (Å²) in [6.45, 7) is 6.02. The van der Waals surface area contributed by atoms with Crippen LogP contribution < -0.4 is 9.64 Å². The van der Waals surface area contributed by atoms with Gasteiger partial charge in [-0.1, -0.05) is 24.3 Å². The number of hydrogen-bond donors (Lipinski definition) is 0. The topological polar surface area (TPSA) is 91.8 Å². The van der Waals surface area contributed by atoms with Crippen LogP contribution in [0.3, 0.4) is 0 Å². The SMILES string of the molecule is CCOc1cncc(-c2ccccc2CCC(=O)N2CCN(c3ccc(C(=O)N(C)CC45CC6CC(CC(C6)C4)C5)nn3)CC2)c1. The molecule has 0 spiro atoms. The van der Waals surface area contributed by atoms with Crippen LogP contribution in [0.4, 0.5) is 5.82 Å². The van der Waals surface area contributed by atoms with E-state index in [-0.39, 0.29) is 11.8 Å². The zero-order valence-electron chi connectivity index (χ0n) is 27.2. The molecular weight excluding hydrogens is 576 g/mol. The Balaban J connectivity index is 0.903. The Labute approximate surface area is 272 Å². The van der Waals surface area contributed by atoms with Crippen molar-refractivity contribution in [2.24, 2.45) is 23.2 Å². The van der Waals surface area contributed by atoms with Gasteiger partial charge in [0.05, 0.1) is 12.8 Å². The quantitative estimate of drug-likeness (QED) is 0.295. The van der Waals surface area contributed by atoms with E-state index in [1.165, 1.54) is 38.5 Å². The molecule has 4 bridgehead atoms. The molecule has 0 radical (unpaired) electrons. The predicted molar refractivity (Wildman–Crippen MR) is 178 cm³/mol. The number of carbonyl (C=O) groups excluding carboxylic acids is 2. The minimum atomic E-state index is -0.0370. The van der Waals surface area contributed by atoms with Gasteiger partial charge in [-0.2, -0.15) is 0 Å². The second-order valence-corrected chi connectivity index (χ2v) is 14.2. The first-order valence-electron chi connectivity index (χ1n) is 17.2. The van der Waals surface area contributed by atoms with Crippen LogP contribution in [-0.4, -0.2) is 83.2 Å². The highest BCUT2D eigenvalue weighted by Gasteiger charge is 2.51. The molecule has 0 N–H and O–H groups in total. The average molecular weight is 623 g/mol. The number of aromatic nitrogens is 3. The van der Waals surface area contributed by atoms with Crippen molar-refractivity contribution in [1.29, 1.82) is 0 Å². The third-order valence-corrected chi connectivity index (χ3v) is 10.9. The molecule has 5 aliphatic rings. The zero-order chi connectivity index (χ0) is 31.7. The zero-order valence-corrected chi connectivity index (χ0v) is 27.2. The molecular formula is C37H46N6O3. The highest BCUT2D eigenvalue weighted by molar-refractivity contribution is 5.92. The van der Waals surface area contributed by atoms with Crippen molar-refractivity contribution in [3.05, 3.63) is 66.1 Å². The lowest BCUT2D eigenvalue weighted by Crippen LogP contribution is -2.51. The summed E-state index contributed by atoms with van der Waals surface area (Å²) in [5.41, 5.74) is 3.91. The summed E-state index contributed by atoms with van der Waals surface area (Å²) in [6, 6.07) is 13.9. The van der Waals surface area contributed by atoms with Crippen LogP contribution in [-0.2, 0) is 11.2 Å². The Kier molecular flexibility index (Phi) is 8.66. The fourth-order valence-corrected chi connectivity index (χ4v) is 9.28. The normalized spacial score (nSPS) is 25.0. The highest BCUT2D eigenvalue weighted by Crippen LogP contribution is 2.60. The van der Waals surface area contributed by atoms with Gasteiger partial charge in [0.1, 0.15) is 5.75 Å². The van der Waals surface area contributed by atoms with Gasteiger partial charge in [0.15, 0.2) is 11.5 Å². The molecule has 9 heteroatoms. The highest BCUT2D eigenvalue weighted by atomic mass is 16.5. The molecule has 9 nitrogen and oxygen atoms in total. The summed E-state index contributed by atoms with van der Waals surface area (Å²) in [5.74, 6) is 4.23. The number of aryl methyl sites for hydroxylation is 1. The maximum absolute atomic E-state index is 13.3. The second kappa shape index (κ2) is 13.0. The number of hydrogen-bond acceptors (Lipinski definition) is 7. The predicted octanol–water partition coefficient (Wildman–Crippen LogP) is 5.51. The van der Waals surface area contributed by atoms with E-state index in [4.69, 9.17) is 4.74 Å². The van der Waals surface area contributed by atoms with Gasteiger partial charge < -0.3 is 19.4 Å². The molecule has 2 amide bonds. The molecule has 5 fully saturated rings. The first-order valence-corrected chi connectivity index (χ1v) is 17.2. The summed E-state index contributed by atoms with van der Waals surface area (Å²) >= 11 is 0. The van der Waals surface area contributed by atoms with Gasteiger partial charge in [-0.3, -0.25) is 14.6 Å². The molecule has 3 aromatic rings. The van der Waals surface area contributed by atoms with Gasteiger partial charge >= 0.3 is 0 Å². The van der Waals surface area contributed by atoms with E-state index in [2.05, 4.69) is 32.2 Å². The van der Waals surface area contributed by atoms with Crippen LogP contribution in [0.1, 0.15) is 67.9 Å². The van der Waals surface area contributed by atoms with Gasteiger partial charge in [0.25, 0.3) is 5.91 Å². The van der Waals surface area contributed by atoms with Crippen LogP contribution in [0.2, 0.25) is 0 Å².